The SMILES string of the molecule is OC(c1ccc(Br)cc1)(c1ccc(C(F)(F)F)cc1)C(F)(F)F. The van der Waals surface area contributed by atoms with E-state index in [1.54, 1.807) is 0 Å². The van der Waals surface area contributed by atoms with Gasteiger partial charge in [0.2, 0.25) is 5.60 Å². The van der Waals surface area contributed by atoms with Gasteiger partial charge >= 0.3 is 12.4 Å². The zero-order valence-corrected chi connectivity index (χ0v) is 12.8. The van der Waals surface area contributed by atoms with Crippen LogP contribution in [0.4, 0.5) is 26.3 Å². The van der Waals surface area contributed by atoms with Crippen LogP contribution < -0.4 is 0 Å². The molecule has 0 radical (unpaired) electrons. The summed E-state index contributed by atoms with van der Waals surface area (Å²) in [6, 6.07) is 6.96. The Bertz CT molecular complexity index is 675. The molecule has 0 saturated carbocycles. The second-order valence-electron chi connectivity index (χ2n) is 4.79. The van der Waals surface area contributed by atoms with Crippen LogP contribution in [0.25, 0.3) is 0 Å². The molecule has 0 aliphatic heterocycles. The van der Waals surface area contributed by atoms with E-state index in [1.807, 2.05) is 0 Å². The maximum atomic E-state index is 13.4. The van der Waals surface area contributed by atoms with E-state index >= 15 is 0 Å². The van der Waals surface area contributed by atoms with Crippen molar-refractivity contribution in [2.75, 3.05) is 0 Å². The Morgan fingerprint density at radius 2 is 1.00 bits per heavy atom. The summed E-state index contributed by atoms with van der Waals surface area (Å²) in [5.74, 6) is 0. The summed E-state index contributed by atoms with van der Waals surface area (Å²) in [7, 11) is 0. The van der Waals surface area contributed by atoms with Crippen molar-refractivity contribution < 1.29 is 31.4 Å². The lowest BCUT2D eigenvalue weighted by molar-refractivity contribution is -0.248. The smallest absolute Gasteiger partial charge is 0.372 e. The van der Waals surface area contributed by atoms with Gasteiger partial charge in [0.05, 0.1) is 5.56 Å². The summed E-state index contributed by atoms with van der Waals surface area (Å²) in [6.45, 7) is 0. The average molecular weight is 399 g/mol. The van der Waals surface area contributed by atoms with E-state index in [9.17, 15) is 31.4 Å². The molecule has 1 nitrogen and oxygen atoms in total. The number of aliphatic hydroxyl groups is 1. The van der Waals surface area contributed by atoms with Crippen LogP contribution in [-0.2, 0) is 11.8 Å². The highest BCUT2D eigenvalue weighted by molar-refractivity contribution is 9.10. The quantitative estimate of drug-likeness (QED) is 0.683. The van der Waals surface area contributed by atoms with Crippen LogP contribution >= 0.6 is 15.9 Å². The molecule has 0 saturated heterocycles. The highest BCUT2D eigenvalue weighted by atomic mass is 79.9. The molecule has 2 aromatic rings. The average Bonchev–Trinajstić information content (AvgIpc) is 2.45. The van der Waals surface area contributed by atoms with Gasteiger partial charge in [0.1, 0.15) is 0 Å². The van der Waals surface area contributed by atoms with E-state index in [1.165, 1.54) is 12.1 Å². The Hall–Kier alpha value is -1.54. The summed E-state index contributed by atoms with van der Waals surface area (Å²) in [5.41, 5.74) is -5.69. The molecular formula is C15H9BrF6O. The minimum Gasteiger partial charge on any atom is -0.372 e. The monoisotopic (exact) mass is 398 g/mol. The molecule has 8 heteroatoms. The maximum absolute atomic E-state index is 13.4. The van der Waals surface area contributed by atoms with Gasteiger partial charge < -0.3 is 5.11 Å². The van der Waals surface area contributed by atoms with E-state index < -0.39 is 34.6 Å². The molecule has 0 spiro atoms. The zero-order valence-electron chi connectivity index (χ0n) is 11.2. The standard InChI is InChI=1S/C15H9BrF6O/c16-12-7-5-10(6-8-12)13(23,15(20,21)22)9-1-3-11(4-2-9)14(17,18)19/h1-8,23H. The molecule has 1 atom stereocenters. The molecule has 0 aromatic heterocycles. The molecule has 1 unspecified atom stereocenters. The summed E-state index contributed by atoms with van der Waals surface area (Å²) in [4.78, 5) is 0. The normalized spacial score (nSPS) is 15.3. The Morgan fingerprint density at radius 3 is 1.35 bits per heavy atom. The van der Waals surface area contributed by atoms with Crippen LogP contribution in [0.3, 0.4) is 0 Å². The number of hydrogen-bond acceptors (Lipinski definition) is 1. The van der Waals surface area contributed by atoms with Gasteiger partial charge in [-0.15, -0.1) is 0 Å². The third-order valence-corrected chi connectivity index (χ3v) is 3.83. The molecule has 0 heterocycles. The van der Waals surface area contributed by atoms with Crippen LogP contribution in [-0.4, -0.2) is 11.3 Å². The highest BCUT2D eigenvalue weighted by Gasteiger charge is 2.56. The van der Waals surface area contributed by atoms with Gasteiger partial charge in [-0.2, -0.15) is 26.3 Å². The first kappa shape index (κ1) is 17.8. The fourth-order valence-corrected chi connectivity index (χ4v) is 2.35. The summed E-state index contributed by atoms with van der Waals surface area (Å²) >= 11 is 3.06. The number of benzene rings is 2. The summed E-state index contributed by atoms with van der Waals surface area (Å²) < 4.78 is 78.4. The third-order valence-electron chi connectivity index (χ3n) is 3.30. The molecule has 1 N–H and O–H groups in total. The van der Waals surface area contributed by atoms with Crippen molar-refractivity contribution in [1.82, 2.24) is 0 Å². The van der Waals surface area contributed by atoms with Gasteiger partial charge in [-0.05, 0) is 35.4 Å². The highest BCUT2D eigenvalue weighted by Crippen LogP contribution is 2.45. The fraction of sp³-hybridized carbons (Fsp3) is 0.200. The first-order chi connectivity index (χ1) is 10.5. The molecule has 124 valence electrons. The van der Waals surface area contributed by atoms with Crippen molar-refractivity contribution in [2.45, 2.75) is 18.0 Å². The summed E-state index contributed by atoms with van der Waals surface area (Å²) in [5, 5.41) is 10.3. The van der Waals surface area contributed by atoms with E-state index in [0.29, 0.717) is 28.7 Å². The third kappa shape index (κ3) is 3.37. The molecule has 2 aromatic carbocycles. The van der Waals surface area contributed by atoms with Crippen molar-refractivity contribution in [3.63, 3.8) is 0 Å². The van der Waals surface area contributed by atoms with Crippen molar-refractivity contribution in [3.05, 3.63) is 69.7 Å². The minimum atomic E-state index is -5.11. The Morgan fingerprint density at radius 1 is 0.652 bits per heavy atom. The summed E-state index contributed by atoms with van der Waals surface area (Å²) in [6.07, 6.45) is -9.78. The van der Waals surface area contributed by atoms with Gasteiger partial charge in [-0.25, -0.2) is 0 Å². The van der Waals surface area contributed by atoms with Crippen molar-refractivity contribution in [3.8, 4) is 0 Å². The van der Waals surface area contributed by atoms with E-state index in [0.717, 1.165) is 12.1 Å². The Balaban J connectivity index is 2.58. The largest absolute Gasteiger partial charge is 0.425 e. The van der Waals surface area contributed by atoms with Gasteiger partial charge in [0.25, 0.3) is 0 Å². The maximum Gasteiger partial charge on any atom is 0.425 e. The number of halogens is 7. The van der Waals surface area contributed by atoms with Crippen LogP contribution in [0.1, 0.15) is 16.7 Å². The van der Waals surface area contributed by atoms with Crippen LogP contribution in [0, 0.1) is 0 Å². The second kappa shape index (κ2) is 5.83. The molecule has 0 aliphatic rings. The molecule has 0 amide bonds. The number of alkyl halides is 6. The van der Waals surface area contributed by atoms with Crippen LogP contribution in [0.5, 0.6) is 0 Å². The van der Waals surface area contributed by atoms with E-state index in [-0.39, 0.29) is 0 Å². The van der Waals surface area contributed by atoms with Gasteiger partial charge in [0.15, 0.2) is 0 Å². The van der Waals surface area contributed by atoms with Crippen LogP contribution in [0.2, 0.25) is 0 Å². The second-order valence-corrected chi connectivity index (χ2v) is 5.71. The molecule has 0 bridgehead atoms. The van der Waals surface area contributed by atoms with Gasteiger partial charge in [0, 0.05) is 4.47 Å². The minimum absolute atomic E-state index is 0.493. The fourth-order valence-electron chi connectivity index (χ4n) is 2.09. The van der Waals surface area contributed by atoms with E-state index in [2.05, 4.69) is 15.9 Å². The van der Waals surface area contributed by atoms with Crippen LogP contribution in [0.15, 0.2) is 53.0 Å². The van der Waals surface area contributed by atoms with Crippen molar-refractivity contribution >= 4 is 15.9 Å². The predicted molar refractivity (Wildman–Crippen MR) is 74.6 cm³/mol. The van der Waals surface area contributed by atoms with Gasteiger partial charge in [-0.1, -0.05) is 40.2 Å². The first-order valence-electron chi connectivity index (χ1n) is 6.19. The molecule has 0 fully saturated rings. The molecular weight excluding hydrogens is 390 g/mol. The van der Waals surface area contributed by atoms with Gasteiger partial charge in [-0.3, -0.25) is 0 Å². The first-order valence-corrected chi connectivity index (χ1v) is 6.98. The number of hydrogen-bond donors (Lipinski definition) is 1. The van der Waals surface area contributed by atoms with Crippen molar-refractivity contribution in [2.24, 2.45) is 0 Å². The molecule has 23 heavy (non-hydrogen) atoms. The molecule has 2 rings (SSSR count). The topological polar surface area (TPSA) is 20.2 Å². The van der Waals surface area contributed by atoms with E-state index in [4.69, 9.17) is 0 Å². The Kier molecular flexibility index (Phi) is 4.51. The molecule has 0 aliphatic carbocycles. The number of rotatable bonds is 2. The lowest BCUT2D eigenvalue weighted by atomic mass is 9.85. The lowest BCUT2D eigenvalue weighted by Gasteiger charge is -2.31. The van der Waals surface area contributed by atoms with Crippen molar-refractivity contribution in [1.29, 1.82) is 0 Å². The zero-order chi connectivity index (χ0) is 17.5. The predicted octanol–water partition coefficient (Wildman–Crippen LogP) is 5.27. The Labute approximate surface area is 135 Å². The lowest BCUT2D eigenvalue weighted by Crippen LogP contribution is -2.43.